The Morgan fingerprint density at radius 1 is 1.55 bits per heavy atom. The number of hydrogen-bond donors (Lipinski definition) is 1. The van der Waals surface area contributed by atoms with Crippen LogP contribution in [0.2, 0.25) is 0 Å². The van der Waals surface area contributed by atoms with Crippen molar-refractivity contribution in [3.8, 4) is 0 Å². The predicted molar refractivity (Wildman–Crippen MR) is 77.9 cm³/mol. The van der Waals surface area contributed by atoms with E-state index in [1.165, 1.54) is 11.3 Å². The summed E-state index contributed by atoms with van der Waals surface area (Å²) < 4.78 is 2.19. The van der Waals surface area contributed by atoms with Crippen molar-refractivity contribution in [3.63, 3.8) is 0 Å². The van der Waals surface area contributed by atoms with E-state index in [1.807, 2.05) is 19.3 Å². The van der Waals surface area contributed by atoms with Crippen molar-refractivity contribution in [2.45, 2.75) is 32.7 Å². The number of imidazole rings is 1. The van der Waals surface area contributed by atoms with Gasteiger partial charge in [-0.15, -0.1) is 11.3 Å². The van der Waals surface area contributed by atoms with Crippen LogP contribution >= 0.6 is 11.3 Å². The lowest BCUT2D eigenvalue weighted by Crippen LogP contribution is -2.33. The lowest BCUT2D eigenvalue weighted by molar-refractivity contribution is 0.0947. The van der Waals surface area contributed by atoms with Crippen LogP contribution in [0.1, 0.15) is 34.5 Å². The Labute approximate surface area is 122 Å². The maximum atomic E-state index is 12.2. The van der Waals surface area contributed by atoms with E-state index in [4.69, 9.17) is 0 Å². The van der Waals surface area contributed by atoms with Crippen molar-refractivity contribution in [2.24, 2.45) is 5.92 Å². The Balaban J connectivity index is 1.57. The molecule has 0 fully saturated rings. The van der Waals surface area contributed by atoms with Crippen LogP contribution in [0.5, 0.6) is 0 Å². The van der Waals surface area contributed by atoms with Crippen LogP contribution < -0.4 is 5.32 Å². The van der Waals surface area contributed by atoms with Gasteiger partial charge < -0.3 is 9.88 Å². The van der Waals surface area contributed by atoms with E-state index in [0.29, 0.717) is 12.5 Å². The fraction of sp³-hybridized carbons (Fsp3) is 0.500. The van der Waals surface area contributed by atoms with Crippen molar-refractivity contribution in [2.75, 3.05) is 6.54 Å². The third-order valence-corrected chi connectivity index (χ3v) is 4.65. The van der Waals surface area contributed by atoms with Crippen LogP contribution in [-0.4, -0.2) is 27.0 Å². The second-order valence-electron chi connectivity index (χ2n) is 5.09. The van der Waals surface area contributed by atoms with Crippen LogP contribution in [0.15, 0.2) is 17.9 Å². The van der Waals surface area contributed by atoms with Crippen LogP contribution in [0, 0.1) is 5.92 Å². The van der Waals surface area contributed by atoms with Gasteiger partial charge >= 0.3 is 0 Å². The first kappa shape index (κ1) is 13.3. The normalized spacial score (nSPS) is 17.8. The second-order valence-corrected chi connectivity index (χ2v) is 5.94. The molecular formula is C14H18N4OS. The smallest absolute Gasteiger partial charge is 0.263 e. The molecule has 1 atom stereocenters. The average Bonchev–Trinajstić information content (AvgIpc) is 3.12. The molecule has 2 aromatic rings. The molecule has 1 aliphatic heterocycles. The van der Waals surface area contributed by atoms with Gasteiger partial charge in [-0.25, -0.2) is 9.97 Å². The second kappa shape index (κ2) is 5.75. The van der Waals surface area contributed by atoms with Gasteiger partial charge in [0.15, 0.2) is 0 Å². The molecule has 5 nitrogen and oxygen atoms in total. The molecule has 6 heteroatoms. The van der Waals surface area contributed by atoms with Crippen molar-refractivity contribution < 1.29 is 4.79 Å². The summed E-state index contributed by atoms with van der Waals surface area (Å²) in [4.78, 5) is 21.5. The maximum absolute atomic E-state index is 12.2. The zero-order valence-electron chi connectivity index (χ0n) is 11.5. The molecule has 1 N–H and O–H groups in total. The highest BCUT2D eigenvalue weighted by Gasteiger charge is 2.20. The summed E-state index contributed by atoms with van der Waals surface area (Å²) in [5, 5.41) is 3.05. The Bertz CT molecular complexity index is 604. The van der Waals surface area contributed by atoms with E-state index >= 15 is 0 Å². The molecule has 0 bridgehead atoms. The average molecular weight is 290 g/mol. The monoisotopic (exact) mass is 290 g/mol. The van der Waals surface area contributed by atoms with E-state index < -0.39 is 0 Å². The summed E-state index contributed by atoms with van der Waals surface area (Å²) in [6.45, 7) is 3.73. The van der Waals surface area contributed by atoms with Crippen LogP contribution in [0.3, 0.4) is 0 Å². The van der Waals surface area contributed by atoms with Gasteiger partial charge in [0.1, 0.15) is 10.7 Å². The maximum Gasteiger partial charge on any atom is 0.263 e. The number of amides is 1. The van der Waals surface area contributed by atoms with E-state index in [-0.39, 0.29) is 5.91 Å². The van der Waals surface area contributed by atoms with E-state index in [1.54, 1.807) is 5.51 Å². The molecule has 0 saturated heterocycles. The van der Waals surface area contributed by atoms with Crippen molar-refractivity contribution in [1.29, 1.82) is 0 Å². The quantitative estimate of drug-likeness (QED) is 0.935. The van der Waals surface area contributed by atoms with Crippen LogP contribution in [0.25, 0.3) is 0 Å². The molecular weight excluding hydrogens is 272 g/mol. The number of aromatic nitrogens is 3. The number of rotatable bonds is 4. The number of hydrogen-bond acceptors (Lipinski definition) is 4. The molecule has 0 saturated carbocycles. The summed E-state index contributed by atoms with van der Waals surface area (Å²) in [7, 11) is 0. The molecule has 106 valence electrons. The highest BCUT2D eigenvalue weighted by molar-refractivity contribution is 7.11. The first-order valence-corrected chi connectivity index (χ1v) is 7.86. The molecule has 0 unspecified atom stereocenters. The number of nitrogens with zero attached hydrogens (tertiary/aromatic N) is 3. The van der Waals surface area contributed by atoms with E-state index in [2.05, 4.69) is 19.9 Å². The lowest BCUT2D eigenvalue weighted by Gasteiger charge is -2.23. The molecule has 3 heterocycles. The minimum atomic E-state index is 0.0123. The molecule has 3 rings (SSSR count). The van der Waals surface area contributed by atoms with Crippen LogP contribution in [0.4, 0.5) is 0 Å². The number of thiazole rings is 1. The van der Waals surface area contributed by atoms with Gasteiger partial charge in [0, 0.05) is 31.9 Å². The number of aryl methyl sites for hydroxylation is 2. The Morgan fingerprint density at radius 3 is 3.30 bits per heavy atom. The molecule has 0 spiro atoms. The fourth-order valence-corrected chi connectivity index (χ4v) is 3.41. The van der Waals surface area contributed by atoms with Gasteiger partial charge in [-0.3, -0.25) is 4.79 Å². The number of carbonyl (C=O) groups is 1. The summed E-state index contributed by atoms with van der Waals surface area (Å²) in [5.41, 5.74) is 2.64. The topological polar surface area (TPSA) is 59.8 Å². The zero-order valence-corrected chi connectivity index (χ0v) is 12.3. The number of nitrogens with one attached hydrogen (secondary N) is 1. The van der Waals surface area contributed by atoms with Crippen molar-refractivity contribution in [3.05, 3.63) is 34.3 Å². The molecule has 2 aromatic heterocycles. The number of carbonyl (C=O) groups excluding carboxylic acids is 1. The van der Waals surface area contributed by atoms with Crippen molar-refractivity contribution >= 4 is 17.2 Å². The molecule has 1 amide bonds. The molecule has 0 aliphatic carbocycles. The summed E-state index contributed by atoms with van der Waals surface area (Å²) in [5.74, 6) is 1.62. The molecule has 0 aromatic carbocycles. The number of fused-ring (bicyclic) bond motifs is 1. The van der Waals surface area contributed by atoms with Crippen LogP contribution in [-0.2, 0) is 19.4 Å². The Hall–Kier alpha value is -1.69. The van der Waals surface area contributed by atoms with E-state index in [0.717, 1.165) is 42.2 Å². The van der Waals surface area contributed by atoms with Gasteiger partial charge in [-0.1, -0.05) is 6.92 Å². The lowest BCUT2D eigenvalue weighted by atomic mass is 9.98. The Morgan fingerprint density at radius 2 is 2.45 bits per heavy atom. The van der Waals surface area contributed by atoms with E-state index in [9.17, 15) is 4.79 Å². The zero-order chi connectivity index (χ0) is 13.9. The SMILES string of the molecule is CCc1ncsc1C(=O)NC[C@@H]1CCn2ccnc2C1. The minimum absolute atomic E-state index is 0.0123. The standard InChI is InChI=1S/C14H18N4OS/c1-2-11-13(20-9-17-11)14(19)16-8-10-3-5-18-6-4-15-12(18)7-10/h4,6,9-10H,2-3,5,7-8H2,1H3,(H,16,19)/t10-/m1/s1. The highest BCUT2D eigenvalue weighted by atomic mass is 32.1. The van der Waals surface area contributed by atoms with Gasteiger partial charge in [0.05, 0.1) is 11.2 Å². The van der Waals surface area contributed by atoms with Crippen molar-refractivity contribution in [1.82, 2.24) is 19.9 Å². The molecule has 0 radical (unpaired) electrons. The summed E-state index contributed by atoms with van der Waals surface area (Å²) in [6, 6.07) is 0. The molecule has 20 heavy (non-hydrogen) atoms. The largest absolute Gasteiger partial charge is 0.351 e. The van der Waals surface area contributed by atoms with Gasteiger partial charge in [-0.2, -0.15) is 0 Å². The van der Waals surface area contributed by atoms with Gasteiger partial charge in [-0.05, 0) is 18.8 Å². The Kier molecular flexibility index (Phi) is 3.82. The fourth-order valence-electron chi connectivity index (χ4n) is 2.61. The van der Waals surface area contributed by atoms with Gasteiger partial charge in [0.25, 0.3) is 5.91 Å². The molecule has 1 aliphatic rings. The first-order chi connectivity index (χ1) is 9.78. The highest BCUT2D eigenvalue weighted by Crippen LogP contribution is 2.19. The summed E-state index contributed by atoms with van der Waals surface area (Å²) >= 11 is 1.42. The summed E-state index contributed by atoms with van der Waals surface area (Å²) in [6.07, 6.45) is 6.70. The third kappa shape index (κ3) is 2.60. The third-order valence-electron chi connectivity index (χ3n) is 3.78. The minimum Gasteiger partial charge on any atom is -0.351 e. The predicted octanol–water partition coefficient (Wildman–Crippen LogP) is 1.89. The van der Waals surface area contributed by atoms with Gasteiger partial charge in [0.2, 0.25) is 0 Å². The first-order valence-electron chi connectivity index (χ1n) is 6.98.